The Morgan fingerprint density at radius 2 is 2.28 bits per heavy atom. The minimum Gasteiger partial charge on any atom is -0.359 e. The lowest BCUT2D eigenvalue weighted by atomic mass is 9.93. The summed E-state index contributed by atoms with van der Waals surface area (Å²) in [6, 6.07) is 0.483. The van der Waals surface area contributed by atoms with E-state index in [1.165, 1.54) is 6.42 Å². The molecule has 0 amide bonds. The van der Waals surface area contributed by atoms with Crippen LogP contribution in [0.2, 0.25) is 0 Å². The number of imidazole rings is 1. The summed E-state index contributed by atoms with van der Waals surface area (Å²) in [5.74, 6) is 1.65. The molecule has 1 saturated heterocycles. The van der Waals surface area contributed by atoms with Gasteiger partial charge in [-0.25, -0.2) is 4.98 Å². The van der Waals surface area contributed by atoms with Crippen molar-refractivity contribution in [2.75, 3.05) is 27.2 Å². The molecule has 2 heterocycles. The summed E-state index contributed by atoms with van der Waals surface area (Å²) >= 11 is 0. The zero-order valence-electron chi connectivity index (χ0n) is 11.2. The maximum absolute atomic E-state index is 4.28. The summed E-state index contributed by atoms with van der Waals surface area (Å²) in [6.45, 7) is 4.37. The number of hydrogen-bond donors (Lipinski definition) is 1. The van der Waals surface area contributed by atoms with E-state index in [1.54, 1.807) is 0 Å². The molecule has 18 heavy (non-hydrogen) atoms. The van der Waals surface area contributed by atoms with Crippen LogP contribution in [0.3, 0.4) is 0 Å². The van der Waals surface area contributed by atoms with Crippen LogP contribution >= 0.6 is 24.0 Å². The molecule has 0 radical (unpaired) electrons. The van der Waals surface area contributed by atoms with Gasteiger partial charge in [-0.3, -0.25) is 4.99 Å². The SMILES string of the molecule is CN=C(NC)N1CCC(C)C(n2ccnc2)C1.I. The smallest absolute Gasteiger partial charge is 0.193 e. The normalized spacial score (nSPS) is 24.6. The number of aromatic nitrogens is 2. The number of halogens is 1. The van der Waals surface area contributed by atoms with Crippen molar-refractivity contribution in [1.29, 1.82) is 0 Å². The Morgan fingerprint density at radius 3 is 2.83 bits per heavy atom. The van der Waals surface area contributed by atoms with Gasteiger partial charge in [-0.1, -0.05) is 6.92 Å². The Morgan fingerprint density at radius 1 is 1.50 bits per heavy atom. The number of nitrogens with one attached hydrogen (secondary N) is 1. The van der Waals surface area contributed by atoms with Gasteiger partial charge < -0.3 is 14.8 Å². The molecule has 1 fully saturated rings. The molecule has 5 nitrogen and oxygen atoms in total. The largest absolute Gasteiger partial charge is 0.359 e. The zero-order valence-corrected chi connectivity index (χ0v) is 13.5. The molecule has 1 aliphatic rings. The second-order valence-corrected chi connectivity index (χ2v) is 4.59. The van der Waals surface area contributed by atoms with Gasteiger partial charge in [0.05, 0.1) is 12.4 Å². The van der Waals surface area contributed by atoms with Crippen LogP contribution in [0.4, 0.5) is 0 Å². The standard InChI is InChI=1S/C12H21N5.HI/c1-10-4-6-16(12(13-2)14-3)8-11(10)17-7-5-15-9-17;/h5,7,9-11H,4,6,8H2,1-3H3,(H,13,14);1H. The van der Waals surface area contributed by atoms with Crippen molar-refractivity contribution in [3.8, 4) is 0 Å². The summed E-state index contributed by atoms with van der Waals surface area (Å²) < 4.78 is 2.21. The third kappa shape index (κ3) is 3.15. The van der Waals surface area contributed by atoms with Crippen LogP contribution in [0.25, 0.3) is 0 Å². The number of piperidine rings is 1. The fourth-order valence-corrected chi connectivity index (χ4v) is 2.51. The summed E-state index contributed by atoms with van der Waals surface area (Å²) in [4.78, 5) is 10.7. The van der Waals surface area contributed by atoms with Crippen LogP contribution in [0.15, 0.2) is 23.7 Å². The van der Waals surface area contributed by atoms with Crippen LogP contribution < -0.4 is 5.32 Å². The molecule has 0 aliphatic carbocycles. The van der Waals surface area contributed by atoms with Crippen molar-refractivity contribution in [3.63, 3.8) is 0 Å². The number of likely N-dealkylation sites (tertiary alicyclic amines) is 1. The molecule has 1 aromatic rings. The van der Waals surface area contributed by atoms with Gasteiger partial charge in [0, 0.05) is 39.6 Å². The summed E-state index contributed by atoms with van der Waals surface area (Å²) in [7, 11) is 3.75. The highest BCUT2D eigenvalue weighted by atomic mass is 127. The summed E-state index contributed by atoms with van der Waals surface area (Å²) in [5, 5.41) is 3.15. The number of hydrogen-bond acceptors (Lipinski definition) is 2. The molecule has 0 bridgehead atoms. The van der Waals surface area contributed by atoms with E-state index in [9.17, 15) is 0 Å². The Bertz CT molecular complexity index is 376. The zero-order chi connectivity index (χ0) is 12.3. The van der Waals surface area contributed by atoms with Gasteiger partial charge >= 0.3 is 0 Å². The highest BCUT2D eigenvalue weighted by Crippen LogP contribution is 2.27. The molecule has 2 atom stereocenters. The second-order valence-electron chi connectivity index (χ2n) is 4.59. The van der Waals surface area contributed by atoms with Crippen LogP contribution in [0, 0.1) is 5.92 Å². The number of rotatable bonds is 1. The van der Waals surface area contributed by atoms with Crippen LogP contribution in [0.1, 0.15) is 19.4 Å². The molecule has 0 spiro atoms. The van der Waals surface area contributed by atoms with Crippen LogP contribution in [0.5, 0.6) is 0 Å². The molecule has 2 unspecified atom stereocenters. The summed E-state index contributed by atoms with van der Waals surface area (Å²) in [5.41, 5.74) is 0. The molecule has 1 aliphatic heterocycles. The lowest BCUT2D eigenvalue weighted by molar-refractivity contribution is 0.189. The van der Waals surface area contributed by atoms with Crippen molar-refractivity contribution in [3.05, 3.63) is 18.7 Å². The van der Waals surface area contributed by atoms with Crippen molar-refractivity contribution in [2.45, 2.75) is 19.4 Å². The Balaban J connectivity index is 0.00000162. The van der Waals surface area contributed by atoms with Crippen molar-refractivity contribution in [2.24, 2.45) is 10.9 Å². The van der Waals surface area contributed by atoms with E-state index in [0.29, 0.717) is 12.0 Å². The molecular weight excluding hydrogens is 341 g/mol. The predicted octanol–water partition coefficient (Wildman–Crippen LogP) is 1.59. The van der Waals surface area contributed by atoms with Crippen LogP contribution in [-0.2, 0) is 0 Å². The fourth-order valence-electron chi connectivity index (χ4n) is 2.51. The Hall–Kier alpha value is -0.790. The topological polar surface area (TPSA) is 45.5 Å². The van der Waals surface area contributed by atoms with E-state index in [2.05, 4.69) is 31.7 Å². The highest BCUT2D eigenvalue weighted by Gasteiger charge is 2.28. The van der Waals surface area contributed by atoms with Gasteiger partial charge in [0.25, 0.3) is 0 Å². The van der Waals surface area contributed by atoms with E-state index in [1.807, 2.05) is 32.8 Å². The summed E-state index contributed by atoms with van der Waals surface area (Å²) in [6.07, 6.45) is 6.99. The molecule has 6 heteroatoms. The molecule has 2 rings (SSSR count). The lowest BCUT2D eigenvalue weighted by Crippen LogP contribution is -2.48. The van der Waals surface area contributed by atoms with Gasteiger partial charge in [-0.05, 0) is 12.3 Å². The fraction of sp³-hybridized carbons (Fsp3) is 0.667. The first-order valence-electron chi connectivity index (χ1n) is 6.13. The quantitative estimate of drug-likeness (QED) is 0.468. The van der Waals surface area contributed by atoms with Gasteiger partial charge in [-0.2, -0.15) is 0 Å². The first-order valence-corrected chi connectivity index (χ1v) is 6.13. The Kier molecular flexibility index (Phi) is 5.90. The van der Waals surface area contributed by atoms with Crippen molar-refractivity contribution in [1.82, 2.24) is 19.8 Å². The molecular formula is C12H22IN5. The highest BCUT2D eigenvalue weighted by molar-refractivity contribution is 14.0. The van der Waals surface area contributed by atoms with E-state index in [4.69, 9.17) is 0 Å². The number of nitrogens with zero attached hydrogens (tertiary/aromatic N) is 4. The number of aliphatic imine (C=N–C) groups is 1. The molecule has 102 valence electrons. The first kappa shape index (κ1) is 15.3. The maximum Gasteiger partial charge on any atom is 0.193 e. The van der Waals surface area contributed by atoms with E-state index < -0.39 is 0 Å². The average molecular weight is 363 g/mol. The third-order valence-electron chi connectivity index (χ3n) is 3.56. The number of guanidine groups is 1. The predicted molar refractivity (Wildman–Crippen MR) is 84.5 cm³/mol. The second kappa shape index (κ2) is 6.96. The van der Waals surface area contributed by atoms with E-state index >= 15 is 0 Å². The van der Waals surface area contributed by atoms with Gasteiger partial charge in [-0.15, -0.1) is 24.0 Å². The van der Waals surface area contributed by atoms with Crippen LogP contribution in [-0.4, -0.2) is 47.6 Å². The third-order valence-corrected chi connectivity index (χ3v) is 3.56. The monoisotopic (exact) mass is 363 g/mol. The Labute approximate surface area is 126 Å². The molecule has 0 aromatic carbocycles. The van der Waals surface area contributed by atoms with Gasteiger partial charge in [0.1, 0.15) is 0 Å². The molecule has 0 saturated carbocycles. The average Bonchev–Trinajstić information content (AvgIpc) is 2.86. The lowest BCUT2D eigenvalue weighted by Gasteiger charge is -2.38. The molecule has 1 N–H and O–H groups in total. The first-order chi connectivity index (χ1) is 8.26. The maximum atomic E-state index is 4.28. The molecule has 1 aromatic heterocycles. The van der Waals surface area contributed by atoms with Crippen molar-refractivity contribution >= 4 is 29.9 Å². The minimum atomic E-state index is 0. The van der Waals surface area contributed by atoms with Crippen molar-refractivity contribution < 1.29 is 0 Å². The minimum absolute atomic E-state index is 0. The van der Waals surface area contributed by atoms with E-state index in [0.717, 1.165) is 19.0 Å². The van der Waals surface area contributed by atoms with Gasteiger partial charge in [0.2, 0.25) is 0 Å². The van der Waals surface area contributed by atoms with Gasteiger partial charge in [0.15, 0.2) is 5.96 Å². The van der Waals surface area contributed by atoms with E-state index in [-0.39, 0.29) is 24.0 Å².